The van der Waals surface area contributed by atoms with Gasteiger partial charge in [-0.1, -0.05) is 60.8 Å². The van der Waals surface area contributed by atoms with Crippen LogP contribution in [0.4, 0.5) is 5.69 Å². The van der Waals surface area contributed by atoms with Crippen molar-refractivity contribution in [1.29, 1.82) is 0 Å². The highest BCUT2D eigenvalue weighted by atomic mass is 35.5. The van der Waals surface area contributed by atoms with Gasteiger partial charge in [0.05, 0.1) is 11.9 Å². The second-order valence-corrected chi connectivity index (χ2v) is 11.2. The lowest BCUT2D eigenvalue weighted by Gasteiger charge is -2.33. The van der Waals surface area contributed by atoms with Crippen LogP contribution in [0.3, 0.4) is 0 Å². The molecule has 0 heterocycles. The number of nitrogens with zero attached hydrogens (tertiary/aromatic N) is 2. The highest BCUT2D eigenvalue weighted by Gasteiger charge is 2.32. The number of nitrogens with one attached hydrogen (secondary N) is 1. The minimum atomic E-state index is -3.80. The van der Waals surface area contributed by atoms with Crippen molar-refractivity contribution in [3.8, 4) is 0 Å². The Balaban J connectivity index is 2.52. The molecule has 0 saturated carbocycles. The summed E-state index contributed by atoms with van der Waals surface area (Å²) in [6.07, 6.45) is 2.12. The minimum absolute atomic E-state index is 0.0418. The van der Waals surface area contributed by atoms with E-state index < -0.39 is 28.5 Å². The van der Waals surface area contributed by atoms with E-state index in [2.05, 4.69) is 5.32 Å². The first-order valence-corrected chi connectivity index (χ1v) is 14.1. The van der Waals surface area contributed by atoms with E-state index in [-0.39, 0.29) is 12.5 Å². The molecule has 1 atom stereocenters. The Hall–Kier alpha value is -2.29. The predicted molar refractivity (Wildman–Crippen MR) is 142 cm³/mol. The van der Waals surface area contributed by atoms with Gasteiger partial charge in [0.1, 0.15) is 12.6 Å². The van der Waals surface area contributed by atoms with Crippen molar-refractivity contribution >= 4 is 50.7 Å². The largest absolute Gasteiger partial charge is 0.354 e. The second-order valence-electron chi connectivity index (χ2n) is 8.50. The molecule has 35 heavy (non-hydrogen) atoms. The SMILES string of the molecule is CCCNC(=O)[C@@H](CC)N(Cc1c(Cl)cccc1Cl)C(=O)CN(c1ccc(C)cc1C)S(C)(=O)=O. The topological polar surface area (TPSA) is 86.8 Å². The number of rotatable bonds is 11. The van der Waals surface area contributed by atoms with E-state index in [0.717, 1.165) is 28.1 Å². The third kappa shape index (κ3) is 7.59. The zero-order valence-corrected chi connectivity index (χ0v) is 23.1. The molecule has 0 aliphatic heterocycles. The van der Waals surface area contributed by atoms with Crippen molar-refractivity contribution in [2.45, 2.75) is 53.1 Å². The summed E-state index contributed by atoms with van der Waals surface area (Å²) in [7, 11) is -3.80. The first-order chi connectivity index (χ1) is 16.4. The lowest BCUT2D eigenvalue weighted by atomic mass is 10.1. The van der Waals surface area contributed by atoms with Crippen LogP contribution in [-0.2, 0) is 26.2 Å². The van der Waals surface area contributed by atoms with Crippen LogP contribution < -0.4 is 9.62 Å². The number of hydrogen-bond acceptors (Lipinski definition) is 4. The summed E-state index contributed by atoms with van der Waals surface area (Å²) in [4.78, 5) is 28.1. The third-order valence-electron chi connectivity index (χ3n) is 5.63. The Morgan fingerprint density at radius 1 is 1.06 bits per heavy atom. The Morgan fingerprint density at radius 2 is 1.69 bits per heavy atom. The molecule has 0 fully saturated rings. The molecule has 2 aromatic rings. The number of amides is 2. The van der Waals surface area contributed by atoms with E-state index in [4.69, 9.17) is 23.2 Å². The maximum absolute atomic E-state index is 13.7. The average Bonchev–Trinajstić information content (AvgIpc) is 2.77. The van der Waals surface area contributed by atoms with Gasteiger partial charge in [-0.3, -0.25) is 13.9 Å². The van der Waals surface area contributed by atoms with Gasteiger partial charge in [-0.15, -0.1) is 0 Å². The monoisotopic (exact) mass is 541 g/mol. The first-order valence-electron chi connectivity index (χ1n) is 11.5. The number of carbonyl (C=O) groups excluding carboxylic acids is 2. The lowest BCUT2D eigenvalue weighted by Crippen LogP contribution is -2.52. The van der Waals surface area contributed by atoms with Gasteiger partial charge in [0, 0.05) is 28.7 Å². The molecule has 1 N–H and O–H groups in total. The van der Waals surface area contributed by atoms with Crippen LogP contribution in [0.1, 0.15) is 43.4 Å². The molecule has 2 aromatic carbocycles. The predicted octanol–water partition coefficient (Wildman–Crippen LogP) is 4.71. The number of anilines is 1. The van der Waals surface area contributed by atoms with Crippen molar-refractivity contribution < 1.29 is 18.0 Å². The van der Waals surface area contributed by atoms with E-state index in [1.807, 2.05) is 19.9 Å². The number of carbonyl (C=O) groups is 2. The molecule has 0 aliphatic rings. The highest BCUT2D eigenvalue weighted by Crippen LogP contribution is 2.28. The summed E-state index contributed by atoms with van der Waals surface area (Å²) in [5, 5.41) is 3.54. The van der Waals surface area contributed by atoms with E-state index in [1.165, 1.54) is 4.90 Å². The average molecular weight is 543 g/mol. The van der Waals surface area contributed by atoms with Gasteiger partial charge in [0.2, 0.25) is 21.8 Å². The van der Waals surface area contributed by atoms with Crippen LogP contribution in [-0.4, -0.2) is 50.5 Å². The van der Waals surface area contributed by atoms with Crippen molar-refractivity contribution in [3.05, 3.63) is 63.1 Å². The Morgan fingerprint density at radius 3 is 2.20 bits per heavy atom. The number of sulfonamides is 1. The Kier molecular flexibility index (Phi) is 10.4. The summed E-state index contributed by atoms with van der Waals surface area (Å²) in [5.74, 6) is -0.854. The van der Waals surface area contributed by atoms with Crippen LogP contribution in [0.15, 0.2) is 36.4 Å². The van der Waals surface area contributed by atoms with Crippen LogP contribution in [0, 0.1) is 13.8 Å². The maximum atomic E-state index is 13.7. The molecule has 0 saturated heterocycles. The summed E-state index contributed by atoms with van der Waals surface area (Å²) in [6.45, 7) is 7.37. The molecule has 0 unspecified atom stereocenters. The van der Waals surface area contributed by atoms with E-state index >= 15 is 0 Å². The Labute approximate surface area is 218 Å². The molecular weight excluding hydrogens is 509 g/mol. The standard InChI is InChI=1S/C25H33Cl2N3O4S/c1-6-13-28-25(32)22(7-2)29(15-19-20(26)9-8-10-21(19)27)24(31)16-30(35(5,33)34)23-12-11-17(3)14-18(23)4/h8-12,14,22H,6-7,13,15-16H2,1-5H3,(H,28,32)/t22-/m1/s1. The molecule has 2 rings (SSSR count). The van der Waals surface area contributed by atoms with Gasteiger partial charge in [0.25, 0.3) is 0 Å². The van der Waals surface area contributed by atoms with Crippen molar-refractivity contribution in [2.24, 2.45) is 0 Å². The quantitative estimate of drug-likeness (QED) is 0.446. The van der Waals surface area contributed by atoms with Gasteiger partial charge < -0.3 is 10.2 Å². The molecule has 2 amide bonds. The molecule has 192 valence electrons. The molecule has 0 bridgehead atoms. The fourth-order valence-electron chi connectivity index (χ4n) is 3.82. The molecule has 0 spiro atoms. The summed E-state index contributed by atoms with van der Waals surface area (Å²) < 4.78 is 26.6. The molecular formula is C25H33Cl2N3O4S. The first kappa shape index (κ1) is 28.9. The summed E-state index contributed by atoms with van der Waals surface area (Å²) in [5.41, 5.74) is 2.59. The molecule has 10 heteroatoms. The number of aryl methyl sites for hydroxylation is 2. The number of hydrogen-bond donors (Lipinski definition) is 1. The molecule has 0 aliphatic carbocycles. The van der Waals surface area contributed by atoms with E-state index in [1.54, 1.807) is 44.2 Å². The molecule has 0 radical (unpaired) electrons. The summed E-state index contributed by atoms with van der Waals surface area (Å²) >= 11 is 12.7. The zero-order chi connectivity index (χ0) is 26.3. The van der Waals surface area contributed by atoms with Crippen LogP contribution >= 0.6 is 23.2 Å². The van der Waals surface area contributed by atoms with E-state index in [0.29, 0.717) is 34.3 Å². The smallest absolute Gasteiger partial charge is 0.244 e. The van der Waals surface area contributed by atoms with E-state index in [9.17, 15) is 18.0 Å². The minimum Gasteiger partial charge on any atom is -0.354 e. The maximum Gasteiger partial charge on any atom is 0.244 e. The second kappa shape index (κ2) is 12.6. The van der Waals surface area contributed by atoms with Crippen molar-refractivity contribution in [3.63, 3.8) is 0 Å². The van der Waals surface area contributed by atoms with Crippen LogP contribution in [0.5, 0.6) is 0 Å². The van der Waals surface area contributed by atoms with Crippen molar-refractivity contribution in [2.75, 3.05) is 23.7 Å². The zero-order valence-electron chi connectivity index (χ0n) is 20.8. The van der Waals surface area contributed by atoms with Crippen LogP contribution in [0.25, 0.3) is 0 Å². The highest BCUT2D eigenvalue weighted by molar-refractivity contribution is 7.92. The van der Waals surface area contributed by atoms with Gasteiger partial charge in [-0.05, 0) is 50.5 Å². The summed E-state index contributed by atoms with van der Waals surface area (Å²) in [6, 6.07) is 9.49. The lowest BCUT2D eigenvalue weighted by molar-refractivity contribution is -0.140. The molecule has 0 aromatic heterocycles. The van der Waals surface area contributed by atoms with Gasteiger partial charge in [-0.25, -0.2) is 8.42 Å². The van der Waals surface area contributed by atoms with Gasteiger partial charge >= 0.3 is 0 Å². The number of halogens is 2. The Bertz CT molecular complexity index is 1150. The van der Waals surface area contributed by atoms with Gasteiger partial charge in [0.15, 0.2) is 0 Å². The van der Waals surface area contributed by atoms with Crippen molar-refractivity contribution in [1.82, 2.24) is 10.2 Å². The molecule has 7 nitrogen and oxygen atoms in total. The fraction of sp³-hybridized carbons (Fsp3) is 0.440. The fourth-order valence-corrected chi connectivity index (χ4v) is 5.24. The third-order valence-corrected chi connectivity index (χ3v) is 7.46. The normalized spacial score (nSPS) is 12.2. The number of benzene rings is 2. The van der Waals surface area contributed by atoms with Gasteiger partial charge in [-0.2, -0.15) is 0 Å². The van der Waals surface area contributed by atoms with Crippen LogP contribution in [0.2, 0.25) is 10.0 Å².